The molecule has 0 amide bonds. The third-order valence-electron chi connectivity index (χ3n) is 2.79. The molecule has 0 radical (unpaired) electrons. The molecule has 1 fully saturated rings. The third kappa shape index (κ3) is 2.46. The van der Waals surface area contributed by atoms with Crippen molar-refractivity contribution in [3.8, 4) is 0 Å². The van der Waals surface area contributed by atoms with Crippen molar-refractivity contribution in [1.82, 2.24) is 0 Å². The van der Waals surface area contributed by atoms with Gasteiger partial charge < -0.3 is 11.5 Å². The third-order valence-corrected chi connectivity index (χ3v) is 2.79. The molecule has 4 N–H and O–H groups in total. The van der Waals surface area contributed by atoms with Crippen LogP contribution < -0.4 is 11.5 Å². The van der Waals surface area contributed by atoms with Gasteiger partial charge in [-0.05, 0) is 30.6 Å². The number of rotatable bonds is 1. The van der Waals surface area contributed by atoms with Gasteiger partial charge in [-0.15, -0.1) is 0 Å². The number of hydrogen-bond acceptors (Lipinski definition) is 2. The second-order valence-electron chi connectivity index (χ2n) is 4.60. The normalized spacial score (nSPS) is 30.8. The Balaban J connectivity index is 2.46. The molecule has 0 aliphatic heterocycles. The molecule has 1 unspecified atom stereocenters. The fraction of sp³-hybridized carbons (Fsp3) is 1.00. The van der Waals surface area contributed by atoms with Crippen LogP contribution in [0.2, 0.25) is 0 Å². The van der Waals surface area contributed by atoms with E-state index in [2.05, 4.69) is 13.8 Å². The highest BCUT2D eigenvalue weighted by Gasteiger charge is 2.29. The highest BCUT2D eigenvalue weighted by atomic mass is 14.9. The largest absolute Gasteiger partial charge is 0.316 e. The molecule has 2 heteroatoms. The zero-order chi connectivity index (χ0) is 8.48. The lowest BCUT2D eigenvalue weighted by molar-refractivity contribution is 0.161. The maximum atomic E-state index is 5.67. The average molecular weight is 156 g/mol. The van der Waals surface area contributed by atoms with Crippen molar-refractivity contribution < 1.29 is 0 Å². The second-order valence-corrected chi connectivity index (χ2v) is 4.60. The molecule has 0 spiro atoms. The predicted octanol–water partition coefficient (Wildman–Crippen LogP) is 1.45. The van der Waals surface area contributed by atoms with Gasteiger partial charge in [0.1, 0.15) is 0 Å². The molecule has 11 heavy (non-hydrogen) atoms. The first-order valence-electron chi connectivity index (χ1n) is 4.52. The van der Waals surface area contributed by atoms with Gasteiger partial charge in [-0.2, -0.15) is 0 Å². The minimum atomic E-state index is -0.102. The Morgan fingerprint density at radius 2 is 2.00 bits per heavy atom. The van der Waals surface area contributed by atoms with Crippen LogP contribution in [-0.2, 0) is 0 Å². The summed E-state index contributed by atoms with van der Waals surface area (Å²) in [6, 6.07) is 0. The van der Waals surface area contributed by atoms with Crippen molar-refractivity contribution in [1.29, 1.82) is 0 Å². The van der Waals surface area contributed by atoms with E-state index in [-0.39, 0.29) is 6.17 Å². The maximum Gasteiger partial charge on any atom is 0.0550 e. The van der Waals surface area contributed by atoms with E-state index in [0.29, 0.717) is 11.3 Å². The predicted molar refractivity (Wildman–Crippen MR) is 47.9 cm³/mol. The fourth-order valence-electron chi connectivity index (χ4n) is 2.09. The van der Waals surface area contributed by atoms with Crippen LogP contribution in [0.1, 0.15) is 39.5 Å². The molecule has 0 heterocycles. The van der Waals surface area contributed by atoms with Crippen LogP contribution in [0.15, 0.2) is 0 Å². The summed E-state index contributed by atoms with van der Waals surface area (Å²) in [5, 5.41) is 0. The van der Waals surface area contributed by atoms with Crippen molar-refractivity contribution in [2.45, 2.75) is 45.7 Å². The Labute approximate surface area is 69.3 Å². The molecule has 1 aliphatic carbocycles. The van der Waals surface area contributed by atoms with Gasteiger partial charge in [0.15, 0.2) is 0 Å². The topological polar surface area (TPSA) is 52.0 Å². The van der Waals surface area contributed by atoms with E-state index in [0.717, 1.165) is 0 Å². The maximum absolute atomic E-state index is 5.67. The Morgan fingerprint density at radius 3 is 2.36 bits per heavy atom. The lowest BCUT2D eigenvalue weighted by atomic mass is 9.71. The van der Waals surface area contributed by atoms with Crippen LogP contribution in [0, 0.1) is 11.3 Å². The van der Waals surface area contributed by atoms with Gasteiger partial charge in [0.25, 0.3) is 0 Å². The molecule has 1 atom stereocenters. The Kier molecular flexibility index (Phi) is 2.55. The van der Waals surface area contributed by atoms with Crippen LogP contribution >= 0.6 is 0 Å². The van der Waals surface area contributed by atoms with Crippen LogP contribution in [0.3, 0.4) is 0 Å². The summed E-state index contributed by atoms with van der Waals surface area (Å²) in [6.45, 7) is 4.61. The van der Waals surface area contributed by atoms with Crippen molar-refractivity contribution in [3.63, 3.8) is 0 Å². The standard InChI is InChI=1S/C9H20N2/c1-9(2)5-3-4-7(6-9)8(10)11/h7-8H,3-6,10-11H2,1-2H3. The Bertz CT molecular complexity index is 130. The van der Waals surface area contributed by atoms with Gasteiger partial charge in [-0.1, -0.05) is 20.3 Å². The average Bonchev–Trinajstić information content (AvgIpc) is 1.85. The molecule has 0 aromatic heterocycles. The molecule has 0 saturated heterocycles. The fourth-order valence-corrected chi connectivity index (χ4v) is 2.09. The smallest absolute Gasteiger partial charge is 0.0550 e. The van der Waals surface area contributed by atoms with E-state index in [4.69, 9.17) is 11.5 Å². The van der Waals surface area contributed by atoms with Crippen molar-refractivity contribution in [2.24, 2.45) is 22.8 Å². The van der Waals surface area contributed by atoms with Crippen LogP contribution in [0.4, 0.5) is 0 Å². The Morgan fingerprint density at radius 1 is 1.36 bits per heavy atom. The zero-order valence-electron chi connectivity index (χ0n) is 7.64. The molecular formula is C9H20N2. The minimum Gasteiger partial charge on any atom is -0.316 e. The van der Waals surface area contributed by atoms with E-state index in [1.165, 1.54) is 25.7 Å². The first kappa shape index (κ1) is 9.01. The monoisotopic (exact) mass is 156 g/mol. The molecule has 0 aromatic carbocycles. The van der Waals surface area contributed by atoms with Gasteiger partial charge in [-0.25, -0.2) is 0 Å². The molecule has 1 aliphatic rings. The molecule has 1 saturated carbocycles. The van der Waals surface area contributed by atoms with Gasteiger partial charge >= 0.3 is 0 Å². The first-order valence-corrected chi connectivity index (χ1v) is 4.52. The van der Waals surface area contributed by atoms with E-state index < -0.39 is 0 Å². The van der Waals surface area contributed by atoms with Crippen LogP contribution in [0.25, 0.3) is 0 Å². The minimum absolute atomic E-state index is 0.102. The lowest BCUT2D eigenvalue weighted by Gasteiger charge is -2.36. The van der Waals surface area contributed by atoms with Crippen molar-refractivity contribution in [2.75, 3.05) is 0 Å². The molecular weight excluding hydrogens is 136 g/mol. The summed E-state index contributed by atoms with van der Waals surface area (Å²) >= 11 is 0. The van der Waals surface area contributed by atoms with Gasteiger partial charge in [0, 0.05) is 0 Å². The van der Waals surface area contributed by atoms with Gasteiger partial charge in [-0.3, -0.25) is 0 Å². The highest BCUT2D eigenvalue weighted by Crippen LogP contribution is 2.38. The SMILES string of the molecule is CC1(C)CCCC(C(N)N)C1. The molecule has 1 rings (SSSR count). The summed E-state index contributed by atoms with van der Waals surface area (Å²) in [7, 11) is 0. The van der Waals surface area contributed by atoms with E-state index in [1.54, 1.807) is 0 Å². The molecule has 0 bridgehead atoms. The lowest BCUT2D eigenvalue weighted by Crippen LogP contribution is -2.42. The molecule has 0 aromatic rings. The highest BCUT2D eigenvalue weighted by molar-refractivity contribution is 4.82. The number of nitrogens with two attached hydrogens (primary N) is 2. The van der Waals surface area contributed by atoms with Crippen molar-refractivity contribution in [3.05, 3.63) is 0 Å². The van der Waals surface area contributed by atoms with Gasteiger partial charge in [0.05, 0.1) is 6.17 Å². The second kappa shape index (κ2) is 3.11. The summed E-state index contributed by atoms with van der Waals surface area (Å²) in [4.78, 5) is 0. The van der Waals surface area contributed by atoms with Crippen molar-refractivity contribution >= 4 is 0 Å². The molecule has 2 nitrogen and oxygen atoms in total. The zero-order valence-corrected chi connectivity index (χ0v) is 7.64. The van der Waals surface area contributed by atoms with Crippen LogP contribution in [-0.4, -0.2) is 6.17 Å². The summed E-state index contributed by atoms with van der Waals surface area (Å²) in [6.07, 6.45) is 4.94. The summed E-state index contributed by atoms with van der Waals surface area (Å²) in [5.41, 5.74) is 11.8. The number of hydrogen-bond donors (Lipinski definition) is 2. The summed E-state index contributed by atoms with van der Waals surface area (Å²) in [5.74, 6) is 0.554. The van der Waals surface area contributed by atoms with E-state index >= 15 is 0 Å². The Hall–Kier alpha value is -0.0800. The van der Waals surface area contributed by atoms with E-state index in [1.807, 2.05) is 0 Å². The first-order chi connectivity index (χ1) is 5.01. The quantitative estimate of drug-likeness (QED) is 0.564. The van der Waals surface area contributed by atoms with Crippen LogP contribution in [0.5, 0.6) is 0 Å². The van der Waals surface area contributed by atoms with E-state index in [9.17, 15) is 0 Å². The summed E-state index contributed by atoms with van der Waals surface area (Å²) < 4.78 is 0. The van der Waals surface area contributed by atoms with Gasteiger partial charge in [0.2, 0.25) is 0 Å². The molecule has 66 valence electrons.